The van der Waals surface area contributed by atoms with Gasteiger partial charge in [0.2, 0.25) is 0 Å². The Labute approximate surface area is 111 Å². The number of nitrogens with zero attached hydrogens (tertiary/aromatic N) is 2. The second-order valence-corrected chi connectivity index (χ2v) is 5.53. The van der Waals surface area contributed by atoms with Gasteiger partial charge in [0.15, 0.2) is 0 Å². The molecule has 0 aromatic carbocycles. The van der Waals surface area contributed by atoms with E-state index in [4.69, 9.17) is 0 Å². The molecule has 1 aliphatic carbocycles. The monoisotopic (exact) mass is 266 g/mol. The van der Waals surface area contributed by atoms with Gasteiger partial charge >= 0.3 is 0 Å². The molecular formula is C13H18N2O2S. The summed E-state index contributed by atoms with van der Waals surface area (Å²) in [4.78, 5) is 18.2. The van der Waals surface area contributed by atoms with Crippen LogP contribution < -0.4 is 0 Å². The average Bonchev–Trinajstić information content (AvgIpc) is 2.35. The van der Waals surface area contributed by atoms with Crippen LogP contribution in [0.15, 0.2) is 23.4 Å². The molecule has 0 saturated heterocycles. The molecule has 1 aliphatic rings. The van der Waals surface area contributed by atoms with Crippen LogP contribution in [0.2, 0.25) is 0 Å². The summed E-state index contributed by atoms with van der Waals surface area (Å²) in [5.41, 5.74) is 0.660. The van der Waals surface area contributed by atoms with Crippen LogP contribution in [0.3, 0.4) is 0 Å². The van der Waals surface area contributed by atoms with Gasteiger partial charge in [0, 0.05) is 19.8 Å². The summed E-state index contributed by atoms with van der Waals surface area (Å²) in [6, 6.07) is 3.60. The zero-order chi connectivity index (χ0) is 13.1. The number of thioether (sulfide) groups is 1. The minimum Gasteiger partial charge on any atom is -0.393 e. The van der Waals surface area contributed by atoms with E-state index in [0.717, 1.165) is 17.9 Å². The fraction of sp³-hybridized carbons (Fsp3) is 0.538. The van der Waals surface area contributed by atoms with E-state index in [0.29, 0.717) is 18.0 Å². The first kappa shape index (κ1) is 13.4. The molecule has 0 unspecified atom stereocenters. The molecule has 1 aromatic heterocycles. The van der Waals surface area contributed by atoms with Gasteiger partial charge in [-0.2, -0.15) is 0 Å². The Bertz CT molecular complexity index is 433. The Morgan fingerprint density at radius 2 is 2.33 bits per heavy atom. The van der Waals surface area contributed by atoms with E-state index in [1.165, 1.54) is 11.8 Å². The summed E-state index contributed by atoms with van der Waals surface area (Å²) in [6.07, 6.45) is 5.06. The van der Waals surface area contributed by atoms with Gasteiger partial charge in [0.05, 0.1) is 11.7 Å². The van der Waals surface area contributed by atoms with Crippen LogP contribution >= 0.6 is 11.8 Å². The first-order chi connectivity index (χ1) is 8.61. The third-order valence-electron chi connectivity index (χ3n) is 3.28. The number of rotatable bonds is 4. The Morgan fingerprint density at radius 3 is 2.94 bits per heavy atom. The van der Waals surface area contributed by atoms with Crippen LogP contribution in [0, 0.1) is 5.92 Å². The second-order valence-electron chi connectivity index (χ2n) is 4.74. The number of aromatic nitrogens is 1. The highest BCUT2D eigenvalue weighted by Gasteiger charge is 2.29. The summed E-state index contributed by atoms with van der Waals surface area (Å²) >= 11 is 1.48. The van der Waals surface area contributed by atoms with E-state index in [1.54, 1.807) is 17.2 Å². The van der Waals surface area contributed by atoms with Gasteiger partial charge in [-0.1, -0.05) is 0 Å². The molecule has 2 rings (SSSR count). The van der Waals surface area contributed by atoms with E-state index in [9.17, 15) is 9.90 Å². The van der Waals surface area contributed by atoms with Crippen molar-refractivity contribution in [3.63, 3.8) is 0 Å². The topological polar surface area (TPSA) is 53.4 Å². The van der Waals surface area contributed by atoms with Gasteiger partial charge in [-0.05, 0) is 37.1 Å². The van der Waals surface area contributed by atoms with Crippen LogP contribution in [-0.2, 0) is 0 Å². The molecule has 1 aromatic rings. The standard InChI is InChI=1S/C13H18N2O2S/c1-15(8-9-6-10(16)7-9)13(17)11-4-3-5-14-12(11)18-2/h3-5,9-10,16H,6-8H2,1-2H3. The number of aliphatic hydroxyl groups excluding tert-OH is 1. The predicted molar refractivity (Wildman–Crippen MR) is 71.7 cm³/mol. The van der Waals surface area contributed by atoms with Gasteiger partial charge in [0.1, 0.15) is 5.03 Å². The van der Waals surface area contributed by atoms with Crippen molar-refractivity contribution in [3.8, 4) is 0 Å². The van der Waals surface area contributed by atoms with E-state index in [-0.39, 0.29) is 12.0 Å². The maximum Gasteiger partial charge on any atom is 0.256 e. The third kappa shape index (κ3) is 2.84. The summed E-state index contributed by atoms with van der Waals surface area (Å²) in [5, 5.41) is 10.0. The first-order valence-corrected chi connectivity index (χ1v) is 7.26. The quantitative estimate of drug-likeness (QED) is 0.842. The number of hydrogen-bond acceptors (Lipinski definition) is 4. The van der Waals surface area contributed by atoms with Gasteiger partial charge in [0.25, 0.3) is 5.91 Å². The maximum absolute atomic E-state index is 12.3. The van der Waals surface area contributed by atoms with Crippen LogP contribution in [0.4, 0.5) is 0 Å². The lowest BCUT2D eigenvalue weighted by Crippen LogP contribution is -2.39. The first-order valence-electron chi connectivity index (χ1n) is 6.04. The molecule has 18 heavy (non-hydrogen) atoms. The number of carbonyl (C=O) groups excluding carboxylic acids is 1. The summed E-state index contributed by atoms with van der Waals surface area (Å²) in [5.74, 6) is 0.442. The predicted octanol–water partition coefficient (Wildman–Crippen LogP) is 1.65. The van der Waals surface area contributed by atoms with Crippen molar-refractivity contribution in [1.29, 1.82) is 0 Å². The minimum atomic E-state index is -0.168. The molecular weight excluding hydrogens is 248 g/mol. The Balaban J connectivity index is 2.01. The third-order valence-corrected chi connectivity index (χ3v) is 4.00. The van der Waals surface area contributed by atoms with Crippen molar-refractivity contribution in [2.75, 3.05) is 19.8 Å². The normalized spacial score (nSPS) is 22.4. The SMILES string of the molecule is CSc1ncccc1C(=O)N(C)CC1CC(O)C1. The highest BCUT2D eigenvalue weighted by molar-refractivity contribution is 7.98. The van der Waals surface area contributed by atoms with Crippen LogP contribution in [0.25, 0.3) is 0 Å². The zero-order valence-corrected chi connectivity index (χ0v) is 11.5. The van der Waals surface area contributed by atoms with Crippen molar-refractivity contribution in [2.24, 2.45) is 5.92 Å². The van der Waals surface area contributed by atoms with Crippen LogP contribution in [0.5, 0.6) is 0 Å². The van der Waals surface area contributed by atoms with Crippen molar-refractivity contribution < 1.29 is 9.90 Å². The maximum atomic E-state index is 12.3. The lowest BCUT2D eigenvalue weighted by atomic mass is 9.82. The van der Waals surface area contributed by atoms with Crippen molar-refractivity contribution in [2.45, 2.75) is 24.0 Å². The van der Waals surface area contributed by atoms with Gasteiger partial charge in [-0.15, -0.1) is 11.8 Å². The zero-order valence-electron chi connectivity index (χ0n) is 10.7. The lowest BCUT2D eigenvalue weighted by molar-refractivity contribution is 0.0264. The molecule has 0 radical (unpaired) electrons. The molecule has 1 N–H and O–H groups in total. The van der Waals surface area contributed by atoms with Gasteiger partial charge in [-0.25, -0.2) is 4.98 Å². The second kappa shape index (κ2) is 5.71. The Kier molecular flexibility index (Phi) is 4.24. The van der Waals surface area contributed by atoms with E-state index in [1.807, 2.05) is 19.4 Å². The van der Waals surface area contributed by atoms with Crippen LogP contribution in [-0.4, -0.2) is 46.8 Å². The molecule has 1 saturated carbocycles. The molecule has 5 heteroatoms. The molecule has 0 aliphatic heterocycles. The average molecular weight is 266 g/mol. The molecule has 4 nitrogen and oxygen atoms in total. The van der Waals surface area contributed by atoms with E-state index >= 15 is 0 Å². The largest absolute Gasteiger partial charge is 0.393 e. The highest BCUT2D eigenvalue weighted by Crippen LogP contribution is 2.28. The van der Waals surface area contributed by atoms with Crippen molar-refractivity contribution in [1.82, 2.24) is 9.88 Å². The smallest absolute Gasteiger partial charge is 0.256 e. The summed E-state index contributed by atoms with van der Waals surface area (Å²) in [7, 11) is 1.81. The summed E-state index contributed by atoms with van der Waals surface area (Å²) < 4.78 is 0. The number of hydrogen-bond donors (Lipinski definition) is 1. The number of aliphatic hydroxyl groups is 1. The highest BCUT2D eigenvalue weighted by atomic mass is 32.2. The number of carbonyl (C=O) groups is 1. The fourth-order valence-electron chi connectivity index (χ4n) is 2.24. The van der Waals surface area contributed by atoms with E-state index in [2.05, 4.69) is 4.98 Å². The Morgan fingerprint density at radius 1 is 1.61 bits per heavy atom. The molecule has 98 valence electrons. The number of pyridine rings is 1. The van der Waals surface area contributed by atoms with Crippen molar-refractivity contribution >= 4 is 17.7 Å². The molecule has 1 heterocycles. The molecule has 0 spiro atoms. The lowest BCUT2D eigenvalue weighted by Gasteiger charge is -2.34. The Hall–Kier alpha value is -1.07. The van der Waals surface area contributed by atoms with E-state index < -0.39 is 0 Å². The molecule has 1 fully saturated rings. The van der Waals surface area contributed by atoms with Gasteiger partial charge in [-0.3, -0.25) is 4.79 Å². The number of amides is 1. The molecule has 0 atom stereocenters. The summed E-state index contributed by atoms with van der Waals surface area (Å²) in [6.45, 7) is 0.707. The molecule has 0 bridgehead atoms. The molecule has 1 amide bonds. The van der Waals surface area contributed by atoms with Crippen molar-refractivity contribution in [3.05, 3.63) is 23.9 Å². The fourth-order valence-corrected chi connectivity index (χ4v) is 2.78. The van der Waals surface area contributed by atoms with Crippen LogP contribution in [0.1, 0.15) is 23.2 Å². The minimum absolute atomic E-state index is 0.00818. The van der Waals surface area contributed by atoms with Gasteiger partial charge < -0.3 is 10.0 Å².